The van der Waals surface area contributed by atoms with Gasteiger partial charge in [0.25, 0.3) is 0 Å². The number of halogens is 1. The van der Waals surface area contributed by atoms with Gasteiger partial charge in [0.2, 0.25) is 5.95 Å². The van der Waals surface area contributed by atoms with E-state index in [1.807, 2.05) is 12.3 Å². The molecule has 7 nitrogen and oxygen atoms in total. The van der Waals surface area contributed by atoms with Crippen LogP contribution in [0, 0.1) is 5.82 Å². The van der Waals surface area contributed by atoms with Gasteiger partial charge in [-0.25, -0.2) is 9.37 Å². The van der Waals surface area contributed by atoms with E-state index >= 15 is 0 Å². The van der Waals surface area contributed by atoms with Crippen LogP contribution in [0.1, 0.15) is 12.0 Å². The Morgan fingerprint density at radius 3 is 2.89 bits per heavy atom. The molecule has 1 unspecified atom stereocenters. The highest BCUT2D eigenvalue weighted by atomic mass is 19.1. The van der Waals surface area contributed by atoms with Gasteiger partial charge in [-0.2, -0.15) is 4.98 Å². The van der Waals surface area contributed by atoms with Crippen LogP contribution in [0.5, 0.6) is 0 Å². The summed E-state index contributed by atoms with van der Waals surface area (Å²) < 4.78 is 19.3. The molecule has 4 heterocycles. The fourth-order valence-electron chi connectivity index (χ4n) is 3.68. The van der Waals surface area contributed by atoms with Crippen LogP contribution in [0.25, 0.3) is 0 Å². The van der Waals surface area contributed by atoms with Gasteiger partial charge in [0.05, 0.1) is 19.4 Å². The second kappa shape index (κ2) is 8.14. The van der Waals surface area contributed by atoms with Crippen LogP contribution in [-0.4, -0.2) is 72.3 Å². The molecule has 0 aromatic carbocycles. The molecule has 0 N–H and O–H groups in total. The number of rotatable bonds is 5. The molecule has 4 rings (SSSR count). The van der Waals surface area contributed by atoms with E-state index in [1.165, 1.54) is 6.20 Å². The topological polar surface area (TPSA) is 57.6 Å². The lowest BCUT2D eigenvalue weighted by Crippen LogP contribution is -2.38. The molecular weight excluding hydrogens is 347 g/mol. The van der Waals surface area contributed by atoms with E-state index in [4.69, 9.17) is 9.72 Å². The summed E-state index contributed by atoms with van der Waals surface area (Å²) >= 11 is 0. The molecule has 0 bridgehead atoms. The lowest BCUT2D eigenvalue weighted by Gasteiger charge is -2.29. The minimum Gasteiger partial charge on any atom is -0.378 e. The van der Waals surface area contributed by atoms with E-state index in [0.717, 1.165) is 44.4 Å². The maximum atomic E-state index is 13.9. The van der Waals surface area contributed by atoms with Crippen molar-refractivity contribution in [2.45, 2.75) is 19.0 Å². The number of anilines is 2. The number of hydrogen-bond donors (Lipinski definition) is 0. The number of aromatic nitrogens is 3. The van der Waals surface area contributed by atoms with Crippen molar-refractivity contribution in [1.29, 1.82) is 0 Å². The quantitative estimate of drug-likeness (QED) is 0.789. The van der Waals surface area contributed by atoms with Crippen LogP contribution in [0.4, 0.5) is 16.2 Å². The molecular formula is C19H25FN6O. The number of likely N-dealkylation sites (tertiary alicyclic amines) is 1. The highest BCUT2D eigenvalue weighted by Gasteiger charge is 2.27. The van der Waals surface area contributed by atoms with Crippen molar-refractivity contribution in [3.05, 3.63) is 42.1 Å². The third-order valence-corrected chi connectivity index (χ3v) is 5.33. The van der Waals surface area contributed by atoms with Crippen molar-refractivity contribution < 1.29 is 9.13 Å². The van der Waals surface area contributed by atoms with Gasteiger partial charge in [-0.3, -0.25) is 9.88 Å². The third kappa shape index (κ3) is 4.17. The largest absolute Gasteiger partial charge is 0.378 e. The molecule has 0 radical (unpaired) electrons. The summed E-state index contributed by atoms with van der Waals surface area (Å²) in [6.45, 7) is 5.51. The molecule has 0 amide bonds. The Hall–Kier alpha value is -2.32. The summed E-state index contributed by atoms with van der Waals surface area (Å²) in [7, 11) is 2.08. The van der Waals surface area contributed by atoms with Crippen molar-refractivity contribution in [1.82, 2.24) is 19.9 Å². The van der Waals surface area contributed by atoms with Crippen LogP contribution in [0.15, 0.2) is 30.7 Å². The molecule has 0 spiro atoms. The zero-order valence-corrected chi connectivity index (χ0v) is 15.6. The Kier molecular flexibility index (Phi) is 5.45. The van der Waals surface area contributed by atoms with Gasteiger partial charge in [0.15, 0.2) is 0 Å². The van der Waals surface area contributed by atoms with E-state index in [9.17, 15) is 4.39 Å². The molecule has 0 saturated carbocycles. The van der Waals surface area contributed by atoms with Crippen molar-refractivity contribution in [3.63, 3.8) is 0 Å². The minimum absolute atomic E-state index is 0.236. The second-order valence-electron chi connectivity index (χ2n) is 7.07. The first-order valence-electron chi connectivity index (χ1n) is 9.40. The predicted octanol–water partition coefficient (Wildman–Crippen LogP) is 1.56. The molecule has 2 aliphatic heterocycles. The van der Waals surface area contributed by atoms with E-state index in [-0.39, 0.29) is 5.82 Å². The van der Waals surface area contributed by atoms with Crippen molar-refractivity contribution in [3.8, 4) is 0 Å². The summed E-state index contributed by atoms with van der Waals surface area (Å²) in [5.41, 5.74) is 0.699. The molecule has 2 aliphatic rings. The zero-order chi connectivity index (χ0) is 18.6. The van der Waals surface area contributed by atoms with Gasteiger partial charge in [-0.1, -0.05) is 0 Å². The highest BCUT2D eigenvalue weighted by Crippen LogP contribution is 2.23. The number of ether oxygens (including phenoxy) is 1. The first-order chi connectivity index (χ1) is 13.2. The van der Waals surface area contributed by atoms with Crippen molar-refractivity contribution >= 4 is 11.8 Å². The van der Waals surface area contributed by atoms with Gasteiger partial charge in [0.1, 0.15) is 11.6 Å². The van der Waals surface area contributed by atoms with Gasteiger partial charge in [0, 0.05) is 63.8 Å². The molecule has 27 heavy (non-hydrogen) atoms. The highest BCUT2D eigenvalue weighted by molar-refractivity contribution is 5.44. The Bertz CT molecular complexity index is 769. The molecule has 2 aromatic rings. The maximum Gasteiger partial charge on any atom is 0.227 e. The Morgan fingerprint density at radius 1 is 1.22 bits per heavy atom. The van der Waals surface area contributed by atoms with Crippen LogP contribution < -0.4 is 9.80 Å². The van der Waals surface area contributed by atoms with Crippen molar-refractivity contribution in [2.24, 2.45) is 0 Å². The average molecular weight is 372 g/mol. The molecule has 2 aromatic heterocycles. The molecule has 1 atom stereocenters. The van der Waals surface area contributed by atoms with E-state index in [1.54, 1.807) is 12.3 Å². The third-order valence-electron chi connectivity index (χ3n) is 5.33. The molecule has 2 saturated heterocycles. The number of hydrogen-bond acceptors (Lipinski definition) is 7. The normalized spacial score (nSPS) is 20.8. The monoisotopic (exact) mass is 372 g/mol. The summed E-state index contributed by atoms with van der Waals surface area (Å²) in [5, 5.41) is 0. The predicted molar refractivity (Wildman–Crippen MR) is 101 cm³/mol. The molecule has 8 heteroatoms. The maximum absolute atomic E-state index is 13.9. The fraction of sp³-hybridized carbons (Fsp3) is 0.526. The van der Waals surface area contributed by atoms with E-state index in [0.29, 0.717) is 31.4 Å². The molecule has 2 fully saturated rings. The lowest BCUT2D eigenvalue weighted by molar-refractivity contribution is 0.122. The Balaban J connectivity index is 1.40. The molecule has 144 valence electrons. The average Bonchev–Trinajstić information content (AvgIpc) is 3.18. The lowest BCUT2D eigenvalue weighted by atomic mass is 10.2. The SMILES string of the molecule is CN(c1ccnc(N2CCOCC2)n1)C1CCN(Cc2ccncc2F)C1. The summed E-state index contributed by atoms with van der Waals surface area (Å²) in [5.74, 6) is 1.45. The van der Waals surface area contributed by atoms with Gasteiger partial charge in [-0.15, -0.1) is 0 Å². The minimum atomic E-state index is -0.236. The number of likely N-dealkylation sites (N-methyl/N-ethyl adjacent to an activating group) is 1. The van der Waals surface area contributed by atoms with E-state index < -0.39 is 0 Å². The molecule has 0 aliphatic carbocycles. The van der Waals surface area contributed by atoms with Crippen molar-refractivity contribution in [2.75, 3.05) is 56.2 Å². The van der Waals surface area contributed by atoms with Gasteiger partial charge < -0.3 is 14.5 Å². The first-order valence-corrected chi connectivity index (χ1v) is 9.40. The van der Waals surface area contributed by atoms with Crippen LogP contribution >= 0.6 is 0 Å². The van der Waals surface area contributed by atoms with E-state index in [2.05, 4.69) is 31.7 Å². The Morgan fingerprint density at radius 2 is 2.07 bits per heavy atom. The smallest absolute Gasteiger partial charge is 0.227 e. The summed E-state index contributed by atoms with van der Waals surface area (Å²) in [4.78, 5) is 19.7. The summed E-state index contributed by atoms with van der Waals surface area (Å²) in [6.07, 6.45) is 5.78. The summed E-state index contributed by atoms with van der Waals surface area (Å²) in [6, 6.07) is 4.06. The van der Waals surface area contributed by atoms with Crippen LogP contribution in [0.2, 0.25) is 0 Å². The van der Waals surface area contributed by atoms with Gasteiger partial charge >= 0.3 is 0 Å². The fourth-order valence-corrected chi connectivity index (χ4v) is 3.68. The standard InChI is InChI=1S/C19H25FN6O/c1-24(18-3-6-22-19(23-18)26-8-10-27-11-9-26)16-4-7-25(14-16)13-15-2-5-21-12-17(15)20/h2-3,5-6,12,16H,4,7-11,13-14H2,1H3. The Labute approximate surface area is 158 Å². The number of morpholine rings is 1. The van der Waals surface area contributed by atoms with Gasteiger partial charge in [-0.05, 0) is 18.6 Å². The van der Waals surface area contributed by atoms with Crippen LogP contribution in [-0.2, 0) is 11.3 Å². The first kappa shape index (κ1) is 18.1. The van der Waals surface area contributed by atoms with Crippen LogP contribution in [0.3, 0.4) is 0 Å². The number of pyridine rings is 1. The number of nitrogens with zero attached hydrogens (tertiary/aromatic N) is 6. The second-order valence-corrected chi connectivity index (χ2v) is 7.07. The zero-order valence-electron chi connectivity index (χ0n) is 15.6.